The highest BCUT2D eigenvalue weighted by Crippen LogP contribution is 2.38. The van der Waals surface area contributed by atoms with E-state index < -0.39 is 6.09 Å². The Morgan fingerprint density at radius 3 is 2.28 bits per heavy atom. The molecule has 0 spiro atoms. The van der Waals surface area contributed by atoms with Crippen molar-refractivity contribution in [2.75, 3.05) is 25.1 Å². The molecule has 0 saturated carbocycles. The van der Waals surface area contributed by atoms with Gasteiger partial charge in [0.2, 0.25) is 0 Å². The van der Waals surface area contributed by atoms with Gasteiger partial charge in [-0.1, -0.05) is 42.0 Å². The number of hydrogen-bond acceptors (Lipinski definition) is 5. The molecule has 0 fully saturated rings. The van der Waals surface area contributed by atoms with Crippen LogP contribution in [-0.4, -0.2) is 25.9 Å². The van der Waals surface area contributed by atoms with E-state index in [4.69, 9.17) is 18.9 Å². The maximum Gasteiger partial charge on any atom is 0.411 e. The second-order valence-corrected chi connectivity index (χ2v) is 7.60. The van der Waals surface area contributed by atoms with Crippen molar-refractivity contribution in [3.8, 4) is 17.2 Å². The summed E-state index contributed by atoms with van der Waals surface area (Å²) in [4.78, 5) is 11.6. The van der Waals surface area contributed by atoms with Crippen molar-refractivity contribution in [3.63, 3.8) is 0 Å². The minimum Gasteiger partial charge on any atom is -0.488 e. The Balaban J connectivity index is 1.52. The number of carbonyl (C=O) groups is 1. The predicted molar refractivity (Wildman–Crippen MR) is 123 cm³/mol. The lowest BCUT2D eigenvalue weighted by molar-refractivity contribution is 0.168. The molecule has 166 valence electrons. The molecule has 3 aromatic carbocycles. The van der Waals surface area contributed by atoms with Gasteiger partial charge in [0.25, 0.3) is 0 Å². The molecule has 0 aromatic heterocycles. The lowest BCUT2D eigenvalue weighted by Gasteiger charge is -2.21. The molecule has 4 rings (SSSR count). The Hall–Kier alpha value is -3.67. The van der Waals surface area contributed by atoms with Crippen molar-refractivity contribution in [2.45, 2.75) is 26.9 Å². The number of carbonyl (C=O) groups excluding carboxylic acids is 1. The summed E-state index contributed by atoms with van der Waals surface area (Å²) >= 11 is 0. The first kappa shape index (κ1) is 21.6. The van der Waals surface area contributed by atoms with Crippen LogP contribution in [0.15, 0.2) is 60.7 Å². The molecule has 0 aliphatic carbocycles. The summed E-state index contributed by atoms with van der Waals surface area (Å²) in [5.74, 6) is 2.20. The zero-order chi connectivity index (χ0) is 22.3. The molecule has 6 nitrogen and oxygen atoms in total. The van der Waals surface area contributed by atoms with E-state index in [0.717, 1.165) is 28.2 Å². The third-order valence-electron chi connectivity index (χ3n) is 5.11. The molecule has 1 aliphatic heterocycles. The molecule has 1 amide bonds. The van der Waals surface area contributed by atoms with E-state index in [1.165, 1.54) is 5.56 Å². The van der Waals surface area contributed by atoms with Crippen molar-refractivity contribution in [1.82, 2.24) is 0 Å². The molecular weight excluding hydrogens is 406 g/mol. The van der Waals surface area contributed by atoms with Crippen LogP contribution < -0.4 is 19.5 Å². The lowest BCUT2D eigenvalue weighted by Crippen LogP contribution is -2.16. The SMILES string of the molecule is CCOC(=O)Nc1ccc(Cc2cc3c(cc2OCc2ccc(C)cc2)OCCO3)cc1. The number of amides is 1. The number of aryl methyl sites for hydroxylation is 1. The van der Waals surface area contributed by atoms with Crippen LogP contribution in [0.4, 0.5) is 10.5 Å². The van der Waals surface area contributed by atoms with Gasteiger partial charge in [0, 0.05) is 23.7 Å². The molecule has 0 unspecified atom stereocenters. The van der Waals surface area contributed by atoms with E-state index in [0.29, 0.717) is 44.3 Å². The fraction of sp³-hybridized carbons (Fsp3) is 0.269. The van der Waals surface area contributed by atoms with E-state index in [1.807, 2.05) is 36.4 Å². The van der Waals surface area contributed by atoms with Crippen LogP contribution in [0.1, 0.15) is 29.2 Å². The predicted octanol–water partition coefficient (Wildman–Crippen LogP) is 5.50. The van der Waals surface area contributed by atoms with Gasteiger partial charge in [-0.15, -0.1) is 0 Å². The van der Waals surface area contributed by atoms with E-state index >= 15 is 0 Å². The molecule has 0 bridgehead atoms. The Bertz CT molecular complexity index is 1060. The first-order valence-corrected chi connectivity index (χ1v) is 10.7. The Labute approximate surface area is 188 Å². The molecule has 0 saturated heterocycles. The molecule has 1 N–H and O–H groups in total. The topological polar surface area (TPSA) is 66.0 Å². The van der Waals surface area contributed by atoms with Crippen LogP contribution in [-0.2, 0) is 17.8 Å². The molecule has 32 heavy (non-hydrogen) atoms. The Morgan fingerprint density at radius 2 is 1.59 bits per heavy atom. The highest BCUT2D eigenvalue weighted by molar-refractivity contribution is 5.84. The van der Waals surface area contributed by atoms with E-state index in [1.54, 1.807) is 6.92 Å². The maximum atomic E-state index is 11.6. The third kappa shape index (κ3) is 5.52. The molecule has 3 aromatic rings. The second kappa shape index (κ2) is 10.1. The number of anilines is 1. The van der Waals surface area contributed by atoms with Crippen molar-refractivity contribution < 1.29 is 23.7 Å². The summed E-state index contributed by atoms with van der Waals surface area (Å²) in [6.45, 7) is 5.70. The molecular formula is C26H27NO5. The number of hydrogen-bond donors (Lipinski definition) is 1. The molecule has 1 aliphatic rings. The minimum atomic E-state index is -0.459. The summed E-state index contributed by atoms with van der Waals surface area (Å²) in [6, 6.07) is 19.9. The van der Waals surface area contributed by atoms with Gasteiger partial charge in [0.15, 0.2) is 11.5 Å². The lowest BCUT2D eigenvalue weighted by atomic mass is 10.0. The van der Waals surface area contributed by atoms with Gasteiger partial charge in [0.05, 0.1) is 6.61 Å². The number of fused-ring (bicyclic) bond motifs is 1. The van der Waals surface area contributed by atoms with Gasteiger partial charge in [0.1, 0.15) is 25.6 Å². The van der Waals surface area contributed by atoms with E-state index in [9.17, 15) is 4.79 Å². The highest BCUT2D eigenvalue weighted by atomic mass is 16.6. The standard InChI is InChI=1S/C26H27NO5/c1-3-29-26(28)27-22-10-8-19(9-11-22)14-21-15-24-25(31-13-12-30-24)16-23(21)32-17-20-6-4-18(2)5-7-20/h4-11,15-16H,3,12-14,17H2,1-2H3,(H,27,28). The number of ether oxygens (including phenoxy) is 4. The van der Waals surface area contributed by atoms with Crippen LogP contribution in [0.3, 0.4) is 0 Å². The summed E-state index contributed by atoms with van der Waals surface area (Å²) in [7, 11) is 0. The average molecular weight is 434 g/mol. The van der Waals surface area contributed by atoms with Crippen molar-refractivity contribution >= 4 is 11.8 Å². The first-order valence-electron chi connectivity index (χ1n) is 10.7. The van der Waals surface area contributed by atoms with Crippen molar-refractivity contribution in [1.29, 1.82) is 0 Å². The van der Waals surface area contributed by atoms with Crippen LogP contribution in [0.5, 0.6) is 17.2 Å². The smallest absolute Gasteiger partial charge is 0.411 e. The largest absolute Gasteiger partial charge is 0.488 e. The van der Waals surface area contributed by atoms with Gasteiger partial charge in [-0.2, -0.15) is 0 Å². The molecule has 1 heterocycles. The fourth-order valence-corrected chi connectivity index (χ4v) is 3.44. The number of benzene rings is 3. The van der Waals surface area contributed by atoms with Gasteiger partial charge >= 0.3 is 6.09 Å². The number of rotatable bonds is 7. The first-order chi connectivity index (χ1) is 15.6. The third-order valence-corrected chi connectivity index (χ3v) is 5.11. The maximum absolute atomic E-state index is 11.6. The molecule has 0 atom stereocenters. The monoisotopic (exact) mass is 433 g/mol. The van der Waals surface area contributed by atoms with Gasteiger partial charge in [-0.25, -0.2) is 4.79 Å². The zero-order valence-corrected chi connectivity index (χ0v) is 18.4. The summed E-state index contributed by atoms with van der Waals surface area (Å²) in [5.41, 5.74) is 5.09. The quantitative estimate of drug-likeness (QED) is 0.533. The molecule has 0 radical (unpaired) electrons. The van der Waals surface area contributed by atoms with Gasteiger partial charge in [-0.05, 0) is 43.2 Å². The normalized spacial score (nSPS) is 12.2. The average Bonchev–Trinajstić information content (AvgIpc) is 2.80. The fourth-order valence-electron chi connectivity index (χ4n) is 3.44. The van der Waals surface area contributed by atoms with Crippen molar-refractivity contribution in [3.05, 3.63) is 82.9 Å². The zero-order valence-electron chi connectivity index (χ0n) is 18.4. The highest BCUT2D eigenvalue weighted by Gasteiger charge is 2.17. The minimum absolute atomic E-state index is 0.333. The van der Waals surface area contributed by atoms with Crippen LogP contribution in [0, 0.1) is 6.92 Å². The number of nitrogens with one attached hydrogen (secondary N) is 1. The summed E-state index contributed by atoms with van der Waals surface area (Å²) in [6.07, 6.45) is 0.193. The van der Waals surface area contributed by atoms with Crippen LogP contribution >= 0.6 is 0 Å². The summed E-state index contributed by atoms with van der Waals surface area (Å²) < 4.78 is 22.6. The second-order valence-electron chi connectivity index (χ2n) is 7.60. The van der Waals surface area contributed by atoms with Crippen LogP contribution in [0.2, 0.25) is 0 Å². The van der Waals surface area contributed by atoms with Crippen molar-refractivity contribution in [2.24, 2.45) is 0 Å². The van der Waals surface area contributed by atoms with E-state index in [-0.39, 0.29) is 0 Å². The van der Waals surface area contributed by atoms with E-state index in [2.05, 4.69) is 36.5 Å². The van der Waals surface area contributed by atoms with Gasteiger partial charge < -0.3 is 18.9 Å². The summed E-state index contributed by atoms with van der Waals surface area (Å²) in [5, 5.41) is 2.71. The van der Waals surface area contributed by atoms with Gasteiger partial charge in [-0.3, -0.25) is 5.32 Å². The molecule has 6 heteroatoms. The Kier molecular flexibility index (Phi) is 6.80. The Morgan fingerprint density at radius 1 is 0.938 bits per heavy atom. The van der Waals surface area contributed by atoms with Crippen LogP contribution in [0.25, 0.3) is 0 Å².